The third-order valence-corrected chi connectivity index (χ3v) is 2.91. The summed E-state index contributed by atoms with van der Waals surface area (Å²) in [5.41, 5.74) is 1.15. The van der Waals surface area contributed by atoms with Gasteiger partial charge in [-0.3, -0.25) is 0 Å². The normalized spacial score (nSPS) is 17.7. The Bertz CT molecular complexity index is 366. The standard InChI is InChI=1S/C11H15NO3/c1-11(3-4-11)7-12-6-8-2-5-15-9(8)10(13)14/h2,5,12H,3-4,6-7H2,1H3,(H,13,14). The van der Waals surface area contributed by atoms with E-state index in [9.17, 15) is 4.79 Å². The van der Waals surface area contributed by atoms with Crippen molar-refractivity contribution in [3.63, 3.8) is 0 Å². The molecule has 1 fully saturated rings. The zero-order chi connectivity index (χ0) is 10.9. The Labute approximate surface area is 88.3 Å². The van der Waals surface area contributed by atoms with E-state index in [0.29, 0.717) is 17.5 Å². The molecule has 0 radical (unpaired) electrons. The van der Waals surface area contributed by atoms with Crippen LogP contribution in [0.2, 0.25) is 0 Å². The number of aromatic carboxylic acids is 1. The zero-order valence-corrected chi connectivity index (χ0v) is 8.75. The van der Waals surface area contributed by atoms with Gasteiger partial charge in [0.05, 0.1) is 6.26 Å². The molecule has 1 saturated carbocycles. The van der Waals surface area contributed by atoms with Crippen molar-refractivity contribution in [1.29, 1.82) is 0 Å². The second-order valence-corrected chi connectivity index (χ2v) is 4.49. The van der Waals surface area contributed by atoms with E-state index < -0.39 is 5.97 Å². The highest BCUT2D eigenvalue weighted by Crippen LogP contribution is 2.44. The lowest BCUT2D eigenvalue weighted by atomic mass is 10.1. The van der Waals surface area contributed by atoms with Crippen LogP contribution >= 0.6 is 0 Å². The number of carboxylic acids is 1. The van der Waals surface area contributed by atoms with E-state index in [1.54, 1.807) is 6.07 Å². The summed E-state index contributed by atoms with van der Waals surface area (Å²) in [6, 6.07) is 1.70. The largest absolute Gasteiger partial charge is 0.475 e. The fourth-order valence-corrected chi connectivity index (χ4v) is 1.55. The summed E-state index contributed by atoms with van der Waals surface area (Å²) in [5, 5.41) is 12.1. The van der Waals surface area contributed by atoms with Gasteiger partial charge in [-0.15, -0.1) is 0 Å². The Balaban J connectivity index is 1.87. The molecule has 2 rings (SSSR count). The van der Waals surface area contributed by atoms with Crippen LogP contribution in [0.25, 0.3) is 0 Å². The molecule has 0 amide bonds. The number of hydrogen-bond donors (Lipinski definition) is 2. The maximum Gasteiger partial charge on any atom is 0.372 e. The van der Waals surface area contributed by atoms with Crippen molar-refractivity contribution in [2.75, 3.05) is 6.54 Å². The van der Waals surface area contributed by atoms with Crippen LogP contribution in [0.1, 0.15) is 35.9 Å². The van der Waals surface area contributed by atoms with E-state index in [4.69, 9.17) is 9.52 Å². The molecular weight excluding hydrogens is 194 g/mol. The van der Waals surface area contributed by atoms with Crippen LogP contribution in [0.5, 0.6) is 0 Å². The fourth-order valence-electron chi connectivity index (χ4n) is 1.55. The minimum absolute atomic E-state index is 0.0449. The summed E-state index contributed by atoms with van der Waals surface area (Å²) in [6.45, 7) is 3.73. The predicted molar refractivity (Wildman–Crippen MR) is 54.7 cm³/mol. The van der Waals surface area contributed by atoms with Crippen molar-refractivity contribution in [2.24, 2.45) is 5.41 Å². The summed E-state index contributed by atoms with van der Waals surface area (Å²) in [7, 11) is 0. The summed E-state index contributed by atoms with van der Waals surface area (Å²) >= 11 is 0. The van der Waals surface area contributed by atoms with Crippen LogP contribution in [0.15, 0.2) is 16.7 Å². The average Bonchev–Trinajstić information content (AvgIpc) is 2.74. The summed E-state index contributed by atoms with van der Waals surface area (Å²) in [4.78, 5) is 10.7. The molecule has 1 aromatic heterocycles. The van der Waals surface area contributed by atoms with Crippen LogP contribution in [0.4, 0.5) is 0 Å². The number of rotatable bonds is 5. The second kappa shape index (κ2) is 3.70. The maximum atomic E-state index is 10.7. The number of hydrogen-bond acceptors (Lipinski definition) is 3. The molecule has 0 unspecified atom stereocenters. The molecule has 1 aliphatic rings. The van der Waals surface area contributed by atoms with Gasteiger partial charge in [0.2, 0.25) is 5.76 Å². The van der Waals surface area contributed by atoms with Crippen LogP contribution < -0.4 is 5.32 Å². The van der Waals surface area contributed by atoms with E-state index in [1.807, 2.05) is 0 Å². The first kappa shape index (κ1) is 10.2. The van der Waals surface area contributed by atoms with Gasteiger partial charge in [0, 0.05) is 18.7 Å². The number of furan rings is 1. The van der Waals surface area contributed by atoms with Crippen molar-refractivity contribution in [3.05, 3.63) is 23.7 Å². The molecule has 1 aliphatic carbocycles. The van der Waals surface area contributed by atoms with Crippen LogP contribution in [-0.2, 0) is 6.54 Å². The first-order chi connectivity index (χ1) is 7.11. The zero-order valence-electron chi connectivity index (χ0n) is 8.75. The molecule has 82 valence electrons. The molecule has 1 aromatic rings. The van der Waals surface area contributed by atoms with Gasteiger partial charge in [-0.2, -0.15) is 0 Å². The molecule has 0 spiro atoms. The SMILES string of the molecule is CC1(CNCc2ccoc2C(=O)O)CC1. The lowest BCUT2D eigenvalue weighted by Gasteiger charge is -2.08. The lowest BCUT2D eigenvalue weighted by molar-refractivity contribution is 0.0660. The molecule has 2 N–H and O–H groups in total. The van der Waals surface area contributed by atoms with E-state index in [0.717, 1.165) is 6.54 Å². The lowest BCUT2D eigenvalue weighted by Crippen LogP contribution is -2.22. The maximum absolute atomic E-state index is 10.7. The van der Waals surface area contributed by atoms with E-state index in [1.165, 1.54) is 19.1 Å². The topological polar surface area (TPSA) is 62.5 Å². The number of nitrogens with one attached hydrogen (secondary N) is 1. The Hall–Kier alpha value is -1.29. The quantitative estimate of drug-likeness (QED) is 0.777. The Morgan fingerprint density at radius 2 is 2.40 bits per heavy atom. The van der Waals surface area contributed by atoms with E-state index in [-0.39, 0.29) is 5.76 Å². The first-order valence-corrected chi connectivity index (χ1v) is 5.11. The Morgan fingerprint density at radius 3 is 3.00 bits per heavy atom. The summed E-state index contributed by atoms with van der Waals surface area (Å²) in [5.74, 6) is -0.960. The average molecular weight is 209 g/mol. The van der Waals surface area contributed by atoms with E-state index >= 15 is 0 Å². The predicted octanol–water partition coefficient (Wildman–Crippen LogP) is 1.87. The summed E-state index contributed by atoms with van der Waals surface area (Å²) in [6.07, 6.45) is 3.94. The smallest absolute Gasteiger partial charge is 0.372 e. The molecule has 0 atom stereocenters. The monoisotopic (exact) mass is 209 g/mol. The number of carboxylic acid groups (broad SMARTS) is 1. The van der Waals surface area contributed by atoms with Gasteiger partial charge in [0.25, 0.3) is 0 Å². The van der Waals surface area contributed by atoms with Gasteiger partial charge in [0.1, 0.15) is 0 Å². The molecule has 1 heterocycles. The van der Waals surface area contributed by atoms with Crippen molar-refractivity contribution in [3.8, 4) is 0 Å². The molecule has 0 aromatic carbocycles. The minimum Gasteiger partial charge on any atom is -0.475 e. The number of carbonyl (C=O) groups is 1. The Kier molecular flexibility index (Phi) is 2.52. The fraction of sp³-hybridized carbons (Fsp3) is 0.545. The second-order valence-electron chi connectivity index (χ2n) is 4.49. The van der Waals surface area contributed by atoms with Crippen molar-refractivity contribution < 1.29 is 14.3 Å². The first-order valence-electron chi connectivity index (χ1n) is 5.11. The van der Waals surface area contributed by atoms with Crippen LogP contribution in [0.3, 0.4) is 0 Å². The highest BCUT2D eigenvalue weighted by molar-refractivity contribution is 5.86. The molecule has 0 saturated heterocycles. The van der Waals surface area contributed by atoms with Crippen molar-refractivity contribution in [1.82, 2.24) is 5.32 Å². The van der Waals surface area contributed by atoms with E-state index in [2.05, 4.69) is 12.2 Å². The van der Waals surface area contributed by atoms with Gasteiger partial charge in [0.15, 0.2) is 0 Å². The van der Waals surface area contributed by atoms with Crippen LogP contribution in [0, 0.1) is 5.41 Å². The van der Waals surface area contributed by atoms with Gasteiger partial charge in [-0.05, 0) is 24.3 Å². The van der Waals surface area contributed by atoms with Crippen LogP contribution in [-0.4, -0.2) is 17.6 Å². The van der Waals surface area contributed by atoms with Crippen molar-refractivity contribution in [2.45, 2.75) is 26.3 Å². The molecule has 4 heteroatoms. The highest BCUT2D eigenvalue weighted by atomic mass is 16.4. The third kappa shape index (κ3) is 2.39. The Morgan fingerprint density at radius 1 is 1.67 bits per heavy atom. The summed E-state index contributed by atoms with van der Waals surface area (Å²) < 4.78 is 4.88. The van der Waals surface area contributed by atoms with Gasteiger partial charge in [-0.25, -0.2) is 4.79 Å². The third-order valence-electron chi connectivity index (χ3n) is 2.91. The molecular formula is C11H15NO3. The van der Waals surface area contributed by atoms with Gasteiger partial charge in [-0.1, -0.05) is 6.92 Å². The molecule has 0 aliphatic heterocycles. The van der Waals surface area contributed by atoms with Gasteiger partial charge < -0.3 is 14.8 Å². The minimum atomic E-state index is -1.01. The molecule has 0 bridgehead atoms. The van der Waals surface area contributed by atoms with Crippen molar-refractivity contribution >= 4 is 5.97 Å². The molecule has 15 heavy (non-hydrogen) atoms. The molecule has 4 nitrogen and oxygen atoms in total. The highest BCUT2D eigenvalue weighted by Gasteiger charge is 2.36. The van der Waals surface area contributed by atoms with Gasteiger partial charge >= 0.3 is 5.97 Å².